The molecule has 0 spiro atoms. The van der Waals surface area contributed by atoms with Gasteiger partial charge >= 0.3 is 5.97 Å². The first kappa shape index (κ1) is 26.3. The Morgan fingerprint density at radius 1 is 0.972 bits per heavy atom. The summed E-state index contributed by atoms with van der Waals surface area (Å²) in [7, 11) is -7.92. The molecule has 1 fully saturated rings. The molecule has 0 bridgehead atoms. The summed E-state index contributed by atoms with van der Waals surface area (Å²) < 4.78 is 54.0. The summed E-state index contributed by atoms with van der Waals surface area (Å²) in [4.78, 5) is 12.5. The van der Waals surface area contributed by atoms with Gasteiger partial charge in [-0.3, -0.25) is 4.79 Å². The summed E-state index contributed by atoms with van der Waals surface area (Å²) in [5, 5.41) is 10.8. The van der Waals surface area contributed by atoms with E-state index in [4.69, 9.17) is 11.6 Å². The Bertz CT molecular complexity index is 1460. The van der Waals surface area contributed by atoms with Crippen molar-refractivity contribution in [2.45, 2.75) is 22.8 Å². The van der Waals surface area contributed by atoms with Gasteiger partial charge in [0.1, 0.15) is 5.54 Å². The standard InChI is InChI=1S/C25H25ClN2O6S2/c1-35(31,32)27-15-16-28(25(24(29)30)17-23(25)20-5-3-2-4-6-20)36(33,34)22-13-9-19(10-14-22)18-7-11-21(26)12-8-18/h2-14,23,27H,15-17H2,1H3,(H,29,30). The minimum absolute atomic E-state index is 0.0767. The van der Waals surface area contributed by atoms with E-state index in [1.165, 1.54) is 12.1 Å². The molecule has 11 heteroatoms. The number of halogens is 1. The third kappa shape index (κ3) is 5.33. The lowest BCUT2D eigenvalue weighted by molar-refractivity contribution is -0.143. The predicted octanol–water partition coefficient (Wildman–Crippen LogP) is 3.56. The Hall–Kier alpha value is -2.76. The minimum atomic E-state index is -4.31. The zero-order valence-corrected chi connectivity index (χ0v) is 21.7. The minimum Gasteiger partial charge on any atom is -0.480 e. The van der Waals surface area contributed by atoms with Gasteiger partial charge in [0.15, 0.2) is 0 Å². The van der Waals surface area contributed by atoms with Crippen molar-refractivity contribution in [3.05, 3.63) is 89.4 Å². The SMILES string of the molecule is CS(=O)(=O)NCCN(C1(C(=O)O)CC1c1ccccc1)S(=O)(=O)c1ccc(-c2ccc(Cl)cc2)cc1. The molecule has 0 amide bonds. The molecule has 1 saturated carbocycles. The maximum Gasteiger partial charge on any atom is 0.325 e. The maximum atomic E-state index is 13.8. The van der Waals surface area contributed by atoms with Gasteiger partial charge in [0.25, 0.3) is 0 Å². The molecule has 0 aromatic heterocycles. The highest BCUT2D eigenvalue weighted by atomic mass is 35.5. The van der Waals surface area contributed by atoms with Gasteiger partial charge < -0.3 is 5.11 Å². The van der Waals surface area contributed by atoms with Gasteiger partial charge in [-0.1, -0.05) is 66.2 Å². The summed E-state index contributed by atoms with van der Waals surface area (Å²) in [6.45, 7) is -0.610. The highest BCUT2D eigenvalue weighted by molar-refractivity contribution is 7.89. The van der Waals surface area contributed by atoms with Crippen LogP contribution in [0.1, 0.15) is 17.9 Å². The Labute approximate surface area is 215 Å². The number of nitrogens with one attached hydrogen (secondary N) is 1. The van der Waals surface area contributed by atoms with Crippen LogP contribution in [0.5, 0.6) is 0 Å². The first-order valence-electron chi connectivity index (χ1n) is 11.1. The Morgan fingerprint density at radius 3 is 2.06 bits per heavy atom. The van der Waals surface area contributed by atoms with Crippen molar-refractivity contribution in [3.63, 3.8) is 0 Å². The summed E-state index contributed by atoms with van der Waals surface area (Å²) in [6, 6.07) is 22.0. The number of hydrogen-bond donors (Lipinski definition) is 2. The van der Waals surface area contributed by atoms with Gasteiger partial charge in [-0.05, 0) is 47.4 Å². The van der Waals surface area contributed by atoms with Crippen LogP contribution in [0.15, 0.2) is 83.8 Å². The molecule has 0 radical (unpaired) electrons. The number of carbonyl (C=O) groups is 1. The van der Waals surface area contributed by atoms with Crippen LogP contribution >= 0.6 is 11.6 Å². The number of carboxylic acid groups (broad SMARTS) is 1. The number of rotatable bonds is 10. The van der Waals surface area contributed by atoms with E-state index >= 15 is 0 Å². The van der Waals surface area contributed by atoms with Gasteiger partial charge in [0.05, 0.1) is 11.2 Å². The lowest BCUT2D eigenvalue weighted by Crippen LogP contribution is -2.51. The number of benzene rings is 3. The van der Waals surface area contributed by atoms with Crippen molar-refractivity contribution >= 4 is 37.6 Å². The number of aliphatic carboxylic acids is 1. The molecule has 2 N–H and O–H groups in total. The topological polar surface area (TPSA) is 121 Å². The van der Waals surface area contributed by atoms with Gasteiger partial charge in [0.2, 0.25) is 20.0 Å². The number of nitrogens with zero attached hydrogens (tertiary/aromatic N) is 1. The van der Waals surface area contributed by atoms with Crippen LogP contribution < -0.4 is 4.72 Å². The van der Waals surface area contributed by atoms with E-state index < -0.39 is 37.5 Å². The Morgan fingerprint density at radius 2 is 1.53 bits per heavy atom. The smallest absolute Gasteiger partial charge is 0.325 e. The highest BCUT2D eigenvalue weighted by Gasteiger charge is 2.67. The molecular formula is C25H25ClN2O6S2. The van der Waals surface area contributed by atoms with Crippen LogP contribution in [0.25, 0.3) is 11.1 Å². The molecule has 190 valence electrons. The van der Waals surface area contributed by atoms with Gasteiger partial charge in [-0.2, -0.15) is 4.31 Å². The summed E-state index contributed by atoms with van der Waals surface area (Å²) in [6.07, 6.45) is 1.03. The summed E-state index contributed by atoms with van der Waals surface area (Å²) in [5.74, 6) is -1.85. The van der Waals surface area contributed by atoms with Crippen LogP contribution in [0.2, 0.25) is 5.02 Å². The van der Waals surface area contributed by atoms with E-state index in [0.29, 0.717) is 10.6 Å². The lowest BCUT2D eigenvalue weighted by Gasteiger charge is -2.29. The highest BCUT2D eigenvalue weighted by Crippen LogP contribution is 2.57. The molecular weight excluding hydrogens is 524 g/mol. The number of carboxylic acids is 1. The normalized spacial score (nSPS) is 19.8. The van der Waals surface area contributed by atoms with E-state index in [9.17, 15) is 26.7 Å². The molecule has 0 aliphatic heterocycles. The van der Waals surface area contributed by atoms with E-state index in [1.807, 2.05) is 12.1 Å². The van der Waals surface area contributed by atoms with Crippen LogP contribution in [-0.2, 0) is 24.8 Å². The van der Waals surface area contributed by atoms with Crippen molar-refractivity contribution in [2.24, 2.45) is 0 Å². The molecule has 4 rings (SSSR count). The first-order valence-corrected chi connectivity index (χ1v) is 14.8. The van der Waals surface area contributed by atoms with Crippen LogP contribution in [0.3, 0.4) is 0 Å². The zero-order valence-electron chi connectivity index (χ0n) is 19.3. The van der Waals surface area contributed by atoms with Crippen LogP contribution in [0, 0.1) is 0 Å². The Balaban J connectivity index is 1.71. The molecule has 3 aromatic rings. The molecule has 0 heterocycles. The second-order valence-electron chi connectivity index (χ2n) is 8.67. The molecule has 2 atom stereocenters. The second-order valence-corrected chi connectivity index (χ2v) is 12.8. The van der Waals surface area contributed by atoms with E-state index in [1.54, 1.807) is 54.6 Å². The third-order valence-electron chi connectivity index (χ3n) is 6.25. The number of sulfonamides is 2. The van der Waals surface area contributed by atoms with Crippen molar-refractivity contribution in [3.8, 4) is 11.1 Å². The summed E-state index contributed by atoms with van der Waals surface area (Å²) in [5.41, 5.74) is 0.575. The molecule has 2 unspecified atom stereocenters. The van der Waals surface area contributed by atoms with E-state index in [2.05, 4.69) is 4.72 Å². The van der Waals surface area contributed by atoms with E-state index in [-0.39, 0.29) is 24.4 Å². The van der Waals surface area contributed by atoms with E-state index in [0.717, 1.165) is 21.7 Å². The molecule has 3 aromatic carbocycles. The van der Waals surface area contributed by atoms with Crippen molar-refractivity contribution in [2.75, 3.05) is 19.3 Å². The predicted molar refractivity (Wildman–Crippen MR) is 138 cm³/mol. The average Bonchev–Trinajstić information content (AvgIpc) is 3.59. The second kappa shape index (κ2) is 9.95. The van der Waals surface area contributed by atoms with Gasteiger partial charge in [-0.15, -0.1) is 0 Å². The lowest BCUT2D eigenvalue weighted by atomic mass is 10.1. The quantitative estimate of drug-likeness (QED) is 0.399. The largest absolute Gasteiger partial charge is 0.480 e. The maximum absolute atomic E-state index is 13.8. The number of hydrogen-bond acceptors (Lipinski definition) is 5. The van der Waals surface area contributed by atoms with Gasteiger partial charge in [-0.25, -0.2) is 21.6 Å². The van der Waals surface area contributed by atoms with Crippen molar-refractivity contribution in [1.82, 2.24) is 9.03 Å². The fourth-order valence-electron chi connectivity index (χ4n) is 4.41. The fourth-order valence-corrected chi connectivity index (χ4v) is 6.77. The molecule has 1 aliphatic carbocycles. The fraction of sp³-hybridized carbons (Fsp3) is 0.240. The van der Waals surface area contributed by atoms with Crippen molar-refractivity contribution in [1.29, 1.82) is 0 Å². The van der Waals surface area contributed by atoms with Gasteiger partial charge in [0, 0.05) is 24.0 Å². The first-order chi connectivity index (χ1) is 16.9. The van der Waals surface area contributed by atoms with Crippen molar-refractivity contribution < 1.29 is 26.7 Å². The Kier molecular flexibility index (Phi) is 7.27. The zero-order chi connectivity index (χ0) is 26.1. The molecule has 1 aliphatic rings. The molecule has 36 heavy (non-hydrogen) atoms. The average molecular weight is 549 g/mol. The monoisotopic (exact) mass is 548 g/mol. The van der Waals surface area contributed by atoms with Crippen LogP contribution in [-0.4, -0.2) is 57.1 Å². The van der Waals surface area contributed by atoms with Crippen LogP contribution in [0.4, 0.5) is 0 Å². The third-order valence-corrected chi connectivity index (χ3v) is 9.19. The summed E-state index contributed by atoms with van der Waals surface area (Å²) >= 11 is 5.94. The molecule has 0 saturated heterocycles. The molecule has 8 nitrogen and oxygen atoms in total.